The summed E-state index contributed by atoms with van der Waals surface area (Å²) in [7, 11) is 0. The number of ketones is 1. The normalized spacial score (nSPS) is 14.2. The number of ether oxygens (including phenoxy) is 1. The number of piperidine rings is 1. The summed E-state index contributed by atoms with van der Waals surface area (Å²) in [6, 6.07) is 12.3. The highest BCUT2D eigenvalue weighted by atomic mass is 19.1. The van der Waals surface area contributed by atoms with E-state index in [2.05, 4.69) is 5.32 Å². The smallest absolute Gasteiger partial charge is 0.251 e. The minimum absolute atomic E-state index is 0.0351. The van der Waals surface area contributed by atoms with Gasteiger partial charge in [0.1, 0.15) is 11.6 Å². The van der Waals surface area contributed by atoms with Crippen molar-refractivity contribution in [3.8, 4) is 5.75 Å². The Morgan fingerprint density at radius 2 is 1.58 bits per heavy atom. The maximum Gasteiger partial charge on any atom is 0.251 e. The van der Waals surface area contributed by atoms with Gasteiger partial charge < -0.3 is 15.0 Å². The van der Waals surface area contributed by atoms with Crippen LogP contribution in [0.3, 0.4) is 0 Å². The fraction of sp³-hybridized carbons (Fsp3) is 0.375. The predicted molar refractivity (Wildman–Crippen MR) is 115 cm³/mol. The Balaban J connectivity index is 1.41. The van der Waals surface area contributed by atoms with Gasteiger partial charge in [0.2, 0.25) is 5.91 Å². The standard InChI is InChI=1S/C24H27FN2O4/c1-2-31-21-9-5-17(6-10-21)22(28)11-12-23(29)27-15-13-20(14-16-27)26-24(30)18-3-7-19(25)8-4-18/h3-10,20H,2,11-16H2,1H3,(H,26,30). The Morgan fingerprint density at radius 3 is 2.19 bits per heavy atom. The maximum atomic E-state index is 13.0. The van der Waals surface area contributed by atoms with Crippen molar-refractivity contribution in [1.82, 2.24) is 10.2 Å². The van der Waals surface area contributed by atoms with Gasteiger partial charge in [-0.1, -0.05) is 0 Å². The summed E-state index contributed by atoms with van der Waals surface area (Å²) in [6.45, 7) is 3.52. The number of nitrogens with zero attached hydrogens (tertiary/aromatic N) is 1. The first kappa shape index (κ1) is 22.5. The second-order valence-electron chi connectivity index (χ2n) is 7.52. The van der Waals surface area contributed by atoms with Crippen LogP contribution in [0.15, 0.2) is 48.5 Å². The third kappa shape index (κ3) is 6.38. The molecule has 3 rings (SSSR count). The molecule has 1 saturated heterocycles. The van der Waals surface area contributed by atoms with Crippen molar-refractivity contribution >= 4 is 17.6 Å². The molecule has 1 heterocycles. The highest BCUT2D eigenvalue weighted by molar-refractivity contribution is 5.98. The van der Waals surface area contributed by atoms with Crippen molar-refractivity contribution in [2.75, 3.05) is 19.7 Å². The first-order valence-electron chi connectivity index (χ1n) is 10.6. The van der Waals surface area contributed by atoms with Gasteiger partial charge >= 0.3 is 0 Å². The molecule has 2 aromatic carbocycles. The number of benzene rings is 2. The van der Waals surface area contributed by atoms with E-state index in [-0.39, 0.29) is 42.3 Å². The molecule has 2 amide bonds. The van der Waals surface area contributed by atoms with E-state index in [0.29, 0.717) is 49.4 Å². The molecule has 6 nitrogen and oxygen atoms in total. The van der Waals surface area contributed by atoms with Crippen molar-refractivity contribution < 1.29 is 23.5 Å². The van der Waals surface area contributed by atoms with Crippen molar-refractivity contribution in [3.63, 3.8) is 0 Å². The highest BCUT2D eigenvalue weighted by Gasteiger charge is 2.24. The van der Waals surface area contributed by atoms with Crippen LogP contribution in [0.5, 0.6) is 5.75 Å². The Kier molecular flexibility index (Phi) is 7.76. The summed E-state index contributed by atoms with van der Waals surface area (Å²) < 4.78 is 18.4. The molecule has 31 heavy (non-hydrogen) atoms. The number of Topliss-reactive ketones (excluding diaryl/α,β-unsaturated/α-hetero) is 1. The van der Waals surface area contributed by atoms with E-state index in [4.69, 9.17) is 4.74 Å². The van der Waals surface area contributed by atoms with Gasteiger partial charge in [-0.3, -0.25) is 14.4 Å². The molecule has 1 aliphatic rings. The van der Waals surface area contributed by atoms with E-state index in [1.54, 1.807) is 29.2 Å². The van der Waals surface area contributed by atoms with E-state index in [1.165, 1.54) is 24.3 Å². The van der Waals surface area contributed by atoms with Crippen molar-refractivity contribution in [3.05, 3.63) is 65.5 Å². The van der Waals surface area contributed by atoms with Gasteiger partial charge in [-0.05, 0) is 68.3 Å². The van der Waals surface area contributed by atoms with Gasteiger partial charge in [-0.15, -0.1) is 0 Å². The first-order chi connectivity index (χ1) is 15.0. The molecule has 0 saturated carbocycles. The van der Waals surface area contributed by atoms with E-state index < -0.39 is 0 Å². The molecular weight excluding hydrogens is 399 g/mol. The summed E-state index contributed by atoms with van der Waals surface area (Å²) in [5.41, 5.74) is 0.978. The van der Waals surface area contributed by atoms with Crippen LogP contribution in [-0.2, 0) is 4.79 Å². The van der Waals surface area contributed by atoms with Gasteiger partial charge in [-0.25, -0.2) is 4.39 Å². The molecule has 1 aliphatic heterocycles. The Bertz CT molecular complexity index is 904. The Hall–Kier alpha value is -3.22. The average Bonchev–Trinajstić information content (AvgIpc) is 2.79. The van der Waals surface area contributed by atoms with E-state index in [9.17, 15) is 18.8 Å². The van der Waals surface area contributed by atoms with Crippen LogP contribution < -0.4 is 10.1 Å². The molecule has 0 bridgehead atoms. The monoisotopic (exact) mass is 426 g/mol. The van der Waals surface area contributed by atoms with Crippen LogP contribution in [0.1, 0.15) is 53.3 Å². The molecule has 1 fully saturated rings. The van der Waals surface area contributed by atoms with Crippen LogP contribution in [0.4, 0.5) is 4.39 Å². The minimum atomic E-state index is -0.385. The number of amides is 2. The van der Waals surface area contributed by atoms with Crippen LogP contribution in [-0.4, -0.2) is 48.2 Å². The second-order valence-corrected chi connectivity index (χ2v) is 7.52. The quantitative estimate of drug-likeness (QED) is 0.655. The zero-order valence-corrected chi connectivity index (χ0v) is 17.6. The lowest BCUT2D eigenvalue weighted by atomic mass is 10.0. The lowest BCUT2D eigenvalue weighted by molar-refractivity contribution is -0.132. The largest absolute Gasteiger partial charge is 0.494 e. The molecule has 0 aromatic heterocycles. The average molecular weight is 426 g/mol. The number of carbonyl (C=O) groups excluding carboxylic acids is 3. The first-order valence-corrected chi connectivity index (χ1v) is 10.6. The zero-order chi connectivity index (χ0) is 22.2. The van der Waals surface area contributed by atoms with Gasteiger partial charge in [0, 0.05) is 43.1 Å². The number of halogens is 1. The molecule has 2 aromatic rings. The number of hydrogen-bond acceptors (Lipinski definition) is 4. The minimum Gasteiger partial charge on any atom is -0.494 e. The summed E-state index contributed by atoms with van der Waals surface area (Å²) in [5.74, 6) is -0.0416. The lowest BCUT2D eigenvalue weighted by Gasteiger charge is -2.32. The fourth-order valence-electron chi connectivity index (χ4n) is 3.57. The summed E-state index contributed by atoms with van der Waals surface area (Å²) in [6.07, 6.45) is 1.61. The predicted octanol–water partition coefficient (Wildman–Crippen LogP) is 3.61. The van der Waals surface area contributed by atoms with Crippen molar-refractivity contribution in [2.45, 2.75) is 38.6 Å². The molecule has 0 unspecified atom stereocenters. The maximum absolute atomic E-state index is 13.0. The van der Waals surface area contributed by atoms with E-state index in [0.717, 1.165) is 0 Å². The molecule has 0 atom stereocenters. The van der Waals surface area contributed by atoms with Gasteiger partial charge in [0.15, 0.2) is 5.78 Å². The Labute approximate surface area is 181 Å². The van der Waals surface area contributed by atoms with Crippen molar-refractivity contribution in [2.24, 2.45) is 0 Å². The molecule has 0 aliphatic carbocycles. The van der Waals surface area contributed by atoms with E-state index >= 15 is 0 Å². The number of carbonyl (C=O) groups is 3. The summed E-state index contributed by atoms with van der Waals surface area (Å²) in [4.78, 5) is 38.8. The number of nitrogens with one attached hydrogen (secondary N) is 1. The third-order valence-corrected chi connectivity index (χ3v) is 5.34. The van der Waals surface area contributed by atoms with Crippen LogP contribution in [0, 0.1) is 5.82 Å². The van der Waals surface area contributed by atoms with Crippen molar-refractivity contribution in [1.29, 1.82) is 0 Å². The topological polar surface area (TPSA) is 75.7 Å². The molecule has 164 valence electrons. The van der Waals surface area contributed by atoms with Crippen LogP contribution in [0.2, 0.25) is 0 Å². The highest BCUT2D eigenvalue weighted by Crippen LogP contribution is 2.16. The van der Waals surface area contributed by atoms with Crippen LogP contribution in [0.25, 0.3) is 0 Å². The summed E-state index contributed by atoms with van der Waals surface area (Å²) in [5, 5.41) is 2.94. The summed E-state index contributed by atoms with van der Waals surface area (Å²) >= 11 is 0. The number of likely N-dealkylation sites (tertiary alicyclic amines) is 1. The number of hydrogen-bond donors (Lipinski definition) is 1. The van der Waals surface area contributed by atoms with Gasteiger partial charge in [0.25, 0.3) is 5.91 Å². The fourth-order valence-corrected chi connectivity index (χ4v) is 3.57. The molecular formula is C24H27FN2O4. The zero-order valence-electron chi connectivity index (χ0n) is 17.6. The third-order valence-electron chi connectivity index (χ3n) is 5.34. The second kappa shape index (κ2) is 10.7. The van der Waals surface area contributed by atoms with Gasteiger partial charge in [0.05, 0.1) is 6.61 Å². The molecule has 0 radical (unpaired) electrons. The SMILES string of the molecule is CCOc1ccc(C(=O)CCC(=O)N2CCC(NC(=O)c3ccc(F)cc3)CC2)cc1. The molecule has 7 heteroatoms. The van der Waals surface area contributed by atoms with Crippen LogP contribution >= 0.6 is 0 Å². The van der Waals surface area contributed by atoms with E-state index in [1.807, 2.05) is 6.92 Å². The molecule has 0 spiro atoms. The Morgan fingerprint density at radius 1 is 0.968 bits per heavy atom. The number of rotatable bonds is 8. The molecule has 1 N–H and O–H groups in total. The lowest BCUT2D eigenvalue weighted by Crippen LogP contribution is -2.46. The van der Waals surface area contributed by atoms with Gasteiger partial charge in [-0.2, -0.15) is 0 Å².